The molecule has 0 aromatic heterocycles. The summed E-state index contributed by atoms with van der Waals surface area (Å²) in [6, 6.07) is 14.4. The second kappa shape index (κ2) is 8.68. The van der Waals surface area contributed by atoms with Gasteiger partial charge >= 0.3 is 5.97 Å². The molecule has 0 fully saturated rings. The largest absolute Gasteiger partial charge is 0.481 e. The molecular weight excluding hydrogens is 368 g/mol. The Kier molecular flexibility index (Phi) is 6.57. The molecule has 2 aromatic carbocycles. The standard InChI is InChI=1S/C19H22N2O5S/c1-14(11-18(22)23)13-20-19(24)15-7-6-10-17(12-15)27(25,26)21(2)16-8-4-3-5-9-16/h3-10,12,14H,11,13H2,1-2H3,(H,20,24)(H,22,23). The van der Waals surface area contributed by atoms with Crippen molar-refractivity contribution in [2.45, 2.75) is 18.2 Å². The number of rotatable bonds is 8. The number of benzene rings is 2. The Balaban J connectivity index is 2.16. The van der Waals surface area contributed by atoms with Crippen LogP contribution in [0, 0.1) is 5.92 Å². The minimum Gasteiger partial charge on any atom is -0.481 e. The van der Waals surface area contributed by atoms with Crippen molar-refractivity contribution in [3.63, 3.8) is 0 Å². The van der Waals surface area contributed by atoms with Gasteiger partial charge in [0.25, 0.3) is 15.9 Å². The van der Waals surface area contributed by atoms with Gasteiger partial charge in [-0.25, -0.2) is 8.42 Å². The van der Waals surface area contributed by atoms with Gasteiger partial charge in [-0.2, -0.15) is 0 Å². The number of carbonyl (C=O) groups is 2. The molecule has 0 aliphatic heterocycles. The molecule has 0 aliphatic carbocycles. The Morgan fingerprint density at radius 1 is 1.11 bits per heavy atom. The number of carbonyl (C=O) groups excluding carboxylic acids is 1. The summed E-state index contributed by atoms with van der Waals surface area (Å²) in [5.41, 5.74) is 0.704. The Bertz CT molecular complexity index is 913. The predicted molar refractivity (Wildman–Crippen MR) is 102 cm³/mol. The van der Waals surface area contributed by atoms with Crippen LogP contribution in [0.15, 0.2) is 59.5 Å². The van der Waals surface area contributed by atoms with Gasteiger partial charge < -0.3 is 10.4 Å². The molecule has 2 N–H and O–H groups in total. The van der Waals surface area contributed by atoms with E-state index in [1.807, 2.05) is 0 Å². The van der Waals surface area contributed by atoms with E-state index in [2.05, 4.69) is 5.32 Å². The molecule has 2 rings (SSSR count). The van der Waals surface area contributed by atoms with Gasteiger partial charge in [-0.3, -0.25) is 13.9 Å². The quantitative estimate of drug-likeness (QED) is 0.720. The summed E-state index contributed by atoms with van der Waals surface area (Å²) in [4.78, 5) is 23.0. The van der Waals surface area contributed by atoms with Crippen LogP contribution in [0.2, 0.25) is 0 Å². The second-order valence-electron chi connectivity index (χ2n) is 6.25. The minimum atomic E-state index is -3.82. The van der Waals surface area contributed by atoms with Gasteiger partial charge in [0.2, 0.25) is 0 Å². The Hall–Kier alpha value is -2.87. The van der Waals surface area contributed by atoms with Crippen molar-refractivity contribution in [3.05, 3.63) is 60.2 Å². The summed E-state index contributed by atoms with van der Waals surface area (Å²) < 4.78 is 26.8. The molecule has 1 atom stereocenters. The molecular formula is C19H22N2O5S. The summed E-state index contributed by atoms with van der Waals surface area (Å²) in [6.07, 6.45) is -0.0590. The van der Waals surface area contributed by atoms with Crippen molar-refractivity contribution >= 4 is 27.6 Å². The molecule has 0 bridgehead atoms. The third kappa shape index (κ3) is 5.30. The van der Waals surface area contributed by atoms with Gasteiger partial charge in [0.1, 0.15) is 0 Å². The van der Waals surface area contributed by atoms with E-state index in [-0.39, 0.29) is 29.3 Å². The molecule has 8 heteroatoms. The van der Waals surface area contributed by atoms with Gasteiger partial charge in [-0.05, 0) is 36.2 Å². The first kappa shape index (κ1) is 20.4. The molecule has 0 saturated carbocycles. The fourth-order valence-electron chi connectivity index (χ4n) is 2.47. The van der Waals surface area contributed by atoms with Crippen LogP contribution in [0.3, 0.4) is 0 Å². The summed E-state index contributed by atoms with van der Waals surface area (Å²) in [6.45, 7) is 1.90. The minimum absolute atomic E-state index is 0.0000810. The first-order valence-corrected chi connectivity index (χ1v) is 9.80. The lowest BCUT2D eigenvalue weighted by Crippen LogP contribution is -2.30. The van der Waals surface area contributed by atoms with Gasteiger partial charge in [-0.1, -0.05) is 31.2 Å². The van der Waals surface area contributed by atoms with Crippen LogP contribution in [-0.4, -0.2) is 39.0 Å². The van der Waals surface area contributed by atoms with Crippen molar-refractivity contribution in [1.82, 2.24) is 5.32 Å². The zero-order valence-electron chi connectivity index (χ0n) is 15.1. The summed E-state index contributed by atoms with van der Waals surface area (Å²) in [5, 5.41) is 11.4. The highest BCUT2D eigenvalue weighted by molar-refractivity contribution is 7.92. The topological polar surface area (TPSA) is 104 Å². The number of anilines is 1. The highest BCUT2D eigenvalue weighted by Crippen LogP contribution is 2.22. The molecule has 2 aromatic rings. The highest BCUT2D eigenvalue weighted by Gasteiger charge is 2.22. The van der Waals surface area contributed by atoms with E-state index in [0.29, 0.717) is 5.69 Å². The van der Waals surface area contributed by atoms with E-state index in [0.717, 1.165) is 4.31 Å². The van der Waals surface area contributed by atoms with Crippen LogP contribution in [0.25, 0.3) is 0 Å². The van der Waals surface area contributed by atoms with Crippen LogP contribution in [0.4, 0.5) is 5.69 Å². The Morgan fingerprint density at radius 3 is 2.41 bits per heavy atom. The molecule has 0 saturated heterocycles. The smallest absolute Gasteiger partial charge is 0.303 e. The maximum atomic E-state index is 12.8. The molecule has 0 heterocycles. The zero-order valence-corrected chi connectivity index (χ0v) is 15.9. The number of amides is 1. The zero-order chi connectivity index (χ0) is 20.0. The molecule has 1 unspecified atom stereocenters. The second-order valence-corrected chi connectivity index (χ2v) is 8.22. The van der Waals surface area contributed by atoms with E-state index >= 15 is 0 Å². The normalized spacial score (nSPS) is 12.2. The molecule has 0 spiro atoms. The number of carboxylic acids is 1. The van der Waals surface area contributed by atoms with Crippen LogP contribution in [-0.2, 0) is 14.8 Å². The molecule has 0 aliphatic rings. The van der Waals surface area contributed by atoms with Gasteiger partial charge in [-0.15, -0.1) is 0 Å². The first-order chi connectivity index (χ1) is 12.7. The van der Waals surface area contributed by atoms with E-state index in [1.165, 1.54) is 31.3 Å². The van der Waals surface area contributed by atoms with Crippen LogP contribution >= 0.6 is 0 Å². The molecule has 1 amide bonds. The average molecular weight is 390 g/mol. The number of para-hydroxylation sites is 1. The first-order valence-electron chi connectivity index (χ1n) is 8.36. The molecule has 7 nitrogen and oxygen atoms in total. The number of sulfonamides is 1. The SMILES string of the molecule is CC(CNC(=O)c1cccc(S(=O)(=O)N(C)c2ccccc2)c1)CC(=O)O. The van der Waals surface area contributed by atoms with Crippen molar-refractivity contribution in [2.24, 2.45) is 5.92 Å². The summed E-state index contributed by atoms with van der Waals surface area (Å²) in [7, 11) is -2.37. The molecule has 144 valence electrons. The van der Waals surface area contributed by atoms with Gasteiger partial charge in [0.05, 0.1) is 10.6 Å². The monoisotopic (exact) mass is 390 g/mol. The number of carboxylic acid groups (broad SMARTS) is 1. The van der Waals surface area contributed by atoms with Crippen molar-refractivity contribution < 1.29 is 23.1 Å². The lowest BCUT2D eigenvalue weighted by Gasteiger charge is -2.19. The predicted octanol–water partition coefficient (Wildman–Crippen LogP) is 2.35. The maximum absolute atomic E-state index is 12.8. The summed E-state index contributed by atoms with van der Waals surface area (Å²) >= 11 is 0. The number of aliphatic carboxylic acids is 1. The third-order valence-electron chi connectivity index (χ3n) is 4.01. The van der Waals surface area contributed by atoms with Crippen LogP contribution < -0.4 is 9.62 Å². The van der Waals surface area contributed by atoms with E-state index in [9.17, 15) is 18.0 Å². The number of nitrogens with one attached hydrogen (secondary N) is 1. The average Bonchev–Trinajstić information content (AvgIpc) is 2.65. The van der Waals surface area contributed by atoms with Crippen LogP contribution in [0.5, 0.6) is 0 Å². The van der Waals surface area contributed by atoms with E-state index < -0.39 is 21.9 Å². The number of nitrogens with zero attached hydrogens (tertiary/aromatic N) is 1. The number of hydrogen-bond donors (Lipinski definition) is 2. The molecule has 0 radical (unpaired) electrons. The maximum Gasteiger partial charge on any atom is 0.303 e. The lowest BCUT2D eigenvalue weighted by atomic mass is 10.1. The third-order valence-corrected chi connectivity index (χ3v) is 5.79. The Morgan fingerprint density at radius 2 is 1.78 bits per heavy atom. The van der Waals surface area contributed by atoms with Crippen molar-refractivity contribution in [3.8, 4) is 0 Å². The molecule has 27 heavy (non-hydrogen) atoms. The van der Waals surface area contributed by atoms with Crippen molar-refractivity contribution in [1.29, 1.82) is 0 Å². The fourth-order valence-corrected chi connectivity index (χ4v) is 3.71. The van der Waals surface area contributed by atoms with Crippen LogP contribution in [0.1, 0.15) is 23.7 Å². The summed E-state index contributed by atoms with van der Waals surface area (Å²) in [5.74, 6) is -1.62. The fraction of sp³-hybridized carbons (Fsp3) is 0.263. The number of hydrogen-bond acceptors (Lipinski definition) is 4. The Labute approximate surface area is 158 Å². The van der Waals surface area contributed by atoms with Gasteiger partial charge in [0, 0.05) is 25.6 Å². The van der Waals surface area contributed by atoms with Crippen molar-refractivity contribution in [2.75, 3.05) is 17.9 Å². The van der Waals surface area contributed by atoms with Gasteiger partial charge in [0.15, 0.2) is 0 Å². The van der Waals surface area contributed by atoms with E-state index in [1.54, 1.807) is 37.3 Å². The highest BCUT2D eigenvalue weighted by atomic mass is 32.2. The lowest BCUT2D eigenvalue weighted by molar-refractivity contribution is -0.137. The van der Waals surface area contributed by atoms with E-state index in [4.69, 9.17) is 5.11 Å².